The van der Waals surface area contributed by atoms with Gasteiger partial charge in [0.15, 0.2) is 0 Å². The predicted octanol–water partition coefficient (Wildman–Crippen LogP) is 3.39. The molecule has 0 aliphatic rings. The van der Waals surface area contributed by atoms with Crippen molar-refractivity contribution in [2.45, 2.75) is 52.7 Å². The Bertz CT molecular complexity index is 435. The van der Waals surface area contributed by atoms with Crippen molar-refractivity contribution in [3.05, 3.63) is 23.6 Å². The molecule has 0 fully saturated rings. The van der Waals surface area contributed by atoms with Crippen molar-refractivity contribution in [3.8, 4) is 0 Å². The quantitative estimate of drug-likeness (QED) is 0.803. The second kappa shape index (κ2) is 7.07. The summed E-state index contributed by atoms with van der Waals surface area (Å²) in [7, 11) is 0. The number of anilines is 1. The topological polar surface area (TPSA) is 51.2 Å². The van der Waals surface area contributed by atoms with Crippen molar-refractivity contribution in [3.63, 3.8) is 0 Å². The first kappa shape index (κ1) is 15.4. The lowest BCUT2D eigenvalue weighted by atomic mass is 10.2. The van der Waals surface area contributed by atoms with Gasteiger partial charge >= 0.3 is 5.97 Å². The van der Waals surface area contributed by atoms with Crippen LogP contribution in [0.1, 0.15) is 50.9 Å². The van der Waals surface area contributed by atoms with E-state index >= 15 is 0 Å². The Morgan fingerprint density at radius 3 is 2.74 bits per heavy atom. The summed E-state index contributed by atoms with van der Waals surface area (Å²) in [6.07, 6.45) is 2.79. The highest BCUT2D eigenvalue weighted by Crippen LogP contribution is 2.17. The van der Waals surface area contributed by atoms with E-state index in [1.54, 1.807) is 13.8 Å². The Labute approximate surface area is 113 Å². The molecule has 1 aromatic heterocycles. The number of ether oxygens (including phenoxy) is 1. The molecule has 0 saturated carbocycles. The smallest absolute Gasteiger partial charge is 0.342 e. The molecule has 0 aliphatic heterocycles. The lowest BCUT2D eigenvalue weighted by Crippen LogP contribution is -2.20. The molecule has 0 aliphatic carbocycles. The highest BCUT2D eigenvalue weighted by molar-refractivity contribution is 5.94. The zero-order valence-corrected chi connectivity index (χ0v) is 11.9. The van der Waals surface area contributed by atoms with Gasteiger partial charge in [0.05, 0.1) is 12.3 Å². The first-order valence-electron chi connectivity index (χ1n) is 6.57. The van der Waals surface area contributed by atoms with Crippen molar-refractivity contribution < 1.29 is 13.9 Å². The van der Waals surface area contributed by atoms with Gasteiger partial charge in [0.1, 0.15) is 17.2 Å². The van der Waals surface area contributed by atoms with E-state index in [0.717, 1.165) is 25.1 Å². The van der Waals surface area contributed by atoms with Crippen LogP contribution in [0.2, 0.25) is 0 Å². The molecule has 0 amide bonds. The molecule has 1 atom stereocenters. The molecule has 1 N–H and O–H groups in total. The highest BCUT2D eigenvalue weighted by Gasteiger charge is 2.17. The summed E-state index contributed by atoms with van der Waals surface area (Å²) in [6.45, 7) is 7.56. The minimum atomic E-state index is -0.562. The fourth-order valence-electron chi connectivity index (χ4n) is 1.73. The van der Waals surface area contributed by atoms with E-state index in [2.05, 4.69) is 17.2 Å². The maximum Gasteiger partial charge on any atom is 0.342 e. The number of rotatable bonds is 6. The Morgan fingerprint density at radius 2 is 2.16 bits per heavy atom. The Balaban J connectivity index is 2.94. The number of pyridine rings is 1. The van der Waals surface area contributed by atoms with Crippen LogP contribution in [0.25, 0.3) is 0 Å². The van der Waals surface area contributed by atoms with Gasteiger partial charge in [-0.05, 0) is 33.3 Å². The van der Waals surface area contributed by atoms with Gasteiger partial charge in [-0.3, -0.25) is 0 Å². The van der Waals surface area contributed by atoms with Crippen LogP contribution in [-0.4, -0.2) is 23.1 Å². The van der Waals surface area contributed by atoms with Crippen molar-refractivity contribution in [2.75, 3.05) is 5.32 Å². The summed E-state index contributed by atoms with van der Waals surface area (Å²) in [5.41, 5.74) is 0.136. The van der Waals surface area contributed by atoms with Gasteiger partial charge in [0.25, 0.3) is 0 Å². The number of carbonyl (C=O) groups excluding carboxylic acids is 1. The number of aromatic nitrogens is 1. The maximum absolute atomic E-state index is 13.2. The molecule has 4 nitrogen and oxygen atoms in total. The Morgan fingerprint density at radius 1 is 1.47 bits per heavy atom. The third-order valence-corrected chi connectivity index (χ3v) is 2.52. The van der Waals surface area contributed by atoms with Crippen LogP contribution in [0.4, 0.5) is 10.2 Å². The van der Waals surface area contributed by atoms with Crippen molar-refractivity contribution in [1.29, 1.82) is 0 Å². The number of halogens is 1. The normalized spacial score (nSPS) is 12.3. The Kier molecular flexibility index (Phi) is 5.73. The number of carbonyl (C=O) groups is 1. The second-order valence-corrected chi connectivity index (χ2v) is 4.84. The molecule has 19 heavy (non-hydrogen) atoms. The average molecular weight is 268 g/mol. The molecular formula is C14H21FN2O2. The lowest BCUT2D eigenvalue weighted by molar-refractivity contribution is 0.0378. The molecule has 0 bridgehead atoms. The number of esters is 1. The van der Waals surface area contributed by atoms with Gasteiger partial charge in [-0.2, -0.15) is 0 Å². The number of hydrogen-bond acceptors (Lipinski definition) is 4. The Hall–Kier alpha value is -1.65. The van der Waals surface area contributed by atoms with E-state index in [4.69, 9.17) is 4.74 Å². The fraction of sp³-hybridized carbons (Fsp3) is 0.571. The summed E-state index contributed by atoms with van der Waals surface area (Å²) >= 11 is 0. The maximum atomic E-state index is 13.2. The van der Waals surface area contributed by atoms with E-state index < -0.39 is 11.8 Å². The van der Waals surface area contributed by atoms with Gasteiger partial charge in [0.2, 0.25) is 0 Å². The van der Waals surface area contributed by atoms with Gasteiger partial charge in [-0.1, -0.05) is 13.3 Å². The molecule has 1 unspecified atom stereocenters. The number of nitrogens with zero attached hydrogens (tertiary/aromatic N) is 1. The van der Waals surface area contributed by atoms with E-state index in [0.29, 0.717) is 5.82 Å². The van der Waals surface area contributed by atoms with Crippen LogP contribution < -0.4 is 5.32 Å². The van der Waals surface area contributed by atoms with Crippen LogP contribution in [0.3, 0.4) is 0 Å². The molecule has 1 rings (SSSR count). The summed E-state index contributed by atoms with van der Waals surface area (Å²) < 4.78 is 18.3. The molecule has 0 aromatic carbocycles. The summed E-state index contributed by atoms with van der Waals surface area (Å²) in [4.78, 5) is 15.8. The predicted molar refractivity (Wildman–Crippen MR) is 72.7 cm³/mol. The SMILES string of the molecule is CCCC(C)Nc1ncc(F)cc1C(=O)OC(C)C. The third-order valence-electron chi connectivity index (χ3n) is 2.52. The van der Waals surface area contributed by atoms with Crippen LogP contribution in [0.5, 0.6) is 0 Å². The summed E-state index contributed by atoms with van der Waals surface area (Å²) in [6, 6.07) is 1.31. The second-order valence-electron chi connectivity index (χ2n) is 4.84. The first-order chi connectivity index (χ1) is 8.93. The van der Waals surface area contributed by atoms with Crippen LogP contribution in [0.15, 0.2) is 12.3 Å². The van der Waals surface area contributed by atoms with E-state index in [9.17, 15) is 9.18 Å². The van der Waals surface area contributed by atoms with Crippen molar-refractivity contribution >= 4 is 11.8 Å². The zero-order valence-electron chi connectivity index (χ0n) is 11.9. The molecule has 0 spiro atoms. The standard InChI is InChI=1S/C14H21FN2O2/c1-5-6-10(4)17-13-12(7-11(15)8-16-13)14(18)19-9(2)3/h7-10H,5-6H2,1-4H3,(H,16,17). The number of nitrogens with one attached hydrogen (secondary N) is 1. The fourth-order valence-corrected chi connectivity index (χ4v) is 1.73. The molecular weight excluding hydrogens is 247 g/mol. The van der Waals surface area contributed by atoms with Crippen LogP contribution in [-0.2, 0) is 4.74 Å². The summed E-state index contributed by atoms with van der Waals surface area (Å²) in [5.74, 6) is -0.745. The van der Waals surface area contributed by atoms with Crippen molar-refractivity contribution in [2.24, 2.45) is 0 Å². The minimum Gasteiger partial charge on any atom is -0.459 e. The van der Waals surface area contributed by atoms with Gasteiger partial charge < -0.3 is 10.1 Å². The highest BCUT2D eigenvalue weighted by atomic mass is 19.1. The largest absolute Gasteiger partial charge is 0.459 e. The molecule has 1 heterocycles. The van der Waals surface area contributed by atoms with Gasteiger partial charge in [-0.25, -0.2) is 14.2 Å². The molecule has 0 radical (unpaired) electrons. The number of hydrogen-bond donors (Lipinski definition) is 1. The van der Waals surface area contributed by atoms with Crippen LogP contribution >= 0.6 is 0 Å². The van der Waals surface area contributed by atoms with Gasteiger partial charge in [0, 0.05) is 6.04 Å². The molecule has 106 valence electrons. The van der Waals surface area contributed by atoms with E-state index in [1.807, 2.05) is 6.92 Å². The van der Waals surface area contributed by atoms with Gasteiger partial charge in [-0.15, -0.1) is 0 Å². The third kappa shape index (κ3) is 4.85. The summed E-state index contributed by atoms with van der Waals surface area (Å²) in [5, 5.41) is 3.11. The zero-order chi connectivity index (χ0) is 14.4. The van der Waals surface area contributed by atoms with E-state index in [1.165, 1.54) is 0 Å². The lowest BCUT2D eigenvalue weighted by Gasteiger charge is -2.16. The minimum absolute atomic E-state index is 0.136. The van der Waals surface area contributed by atoms with E-state index in [-0.39, 0.29) is 17.7 Å². The molecule has 5 heteroatoms. The average Bonchev–Trinajstić information content (AvgIpc) is 2.30. The monoisotopic (exact) mass is 268 g/mol. The van der Waals surface area contributed by atoms with Crippen LogP contribution in [0, 0.1) is 5.82 Å². The molecule has 0 saturated heterocycles. The van der Waals surface area contributed by atoms with Crippen molar-refractivity contribution in [1.82, 2.24) is 4.98 Å². The first-order valence-corrected chi connectivity index (χ1v) is 6.57. The molecule has 1 aromatic rings.